The summed E-state index contributed by atoms with van der Waals surface area (Å²) in [5, 5.41) is 6.06. The fourth-order valence-corrected chi connectivity index (χ4v) is 3.71. The average Bonchev–Trinajstić information content (AvgIpc) is 3.24. The molecule has 0 unspecified atom stereocenters. The number of hydrogen-bond acceptors (Lipinski definition) is 6. The number of hydrazone groups is 1. The first-order valence-electron chi connectivity index (χ1n) is 9.27. The van der Waals surface area contributed by atoms with Gasteiger partial charge in [0.1, 0.15) is 0 Å². The van der Waals surface area contributed by atoms with Gasteiger partial charge in [-0.2, -0.15) is 10.1 Å². The van der Waals surface area contributed by atoms with Crippen LogP contribution in [-0.2, 0) is 4.79 Å². The third kappa shape index (κ3) is 3.63. The molecule has 4 rings (SSSR count). The lowest BCUT2D eigenvalue weighted by Crippen LogP contribution is -2.41. The summed E-state index contributed by atoms with van der Waals surface area (Å²) in [7, 11) is 1.58. The van der Waals surface area contributed by atoms with Crippen LogP contribution < -0.4 is 9.64 Å². The van der Waals surface area contributed by atoms with E-state index in [1.807, 2.05) is 24.4 Å². The van der Waals surface area contributed by atoms with Crippen molar-refractivity contribution in [1.82, 2.24) is 15.0 Å². The maximum Gasteiger partial charge on any atom is 0.246 e. The first-order valence-corrected chi connectivity index (χ1v) is 9.27. The van der Waals surface area contributed by atoms with Gasteiger partial charge in [0, 0.05) is 31.6 Å². The van der Waals surface area contributed by atoms with Crippen molar-refractivity contribution in [3.63, 3.8) is 0 Å². The van der Waals surface area contributed by atoms with Gasteiger partial charge in [0.2, 0.25) is 11.8 Å². The number of benzene rings is 1. The molecule has 27 heavy (non-hydrogen) atoms. The Hall–Kier alpha value is -2.96. The summed E-state index contributed by atoms with van der Waals surface area (Å²) in [4.78, 5) is 23.8. The Morgan fingerprint density at radius 2 is 1.93 bits per heavy atom. The standard InChI is InChI=1S/C20H23N5O2/c1-27-19-14-21-13-18(23-19)24-11-8-16(9-12-24)20(26)25-17(7-10-22-25)15-5-3-2-4-6-15/h2-6,10,13-14,16-17H,7-9,11-12H2,1H3/t17-/m0/s1. The number of amides is 1. The Balaban J connectivity index is 1.40. The van der Waals surface area contributed by atoms with E-state index in [1.54, 1.807) is 24.5 Å². The second-order valence-electron chi connectivity index (χ2n) is 6.82. The molecule has 3 heterocycles. The first-order chi connectivity index (χ1) is 13.3. The van der Waals surface area contributed by atoms with Gasteiger partial charge in [-0.25, -0.2) is 5.01 Å². The van der Waals surface area contributed by atoms with Crippen molar-refractivity contribution >= 4 is 17.9 Å². The van der Waals surface area contributed by atoms with Crippen molar-refractivity contribution in [2.75, 3.05) is 25.1 Å². The van der Waals surface area contributed by atoms with Gasteiger partial charge in [0.05, 0.1) is 25.5 Å². The molecule has 2 aliphatic heterocycles. The molecule has 140 valence electrons. The number of ether oxygens (including phenoxy) is 1. The summed E-state index contributed by atoms with van der Waals surface area (Å²) in [5.41, 5.74) is 1.13. The van der Waals surface area contributed by atoms with Gasteiger partial charge in [-0.1, -0.05) is 30.3 Å². The topological polar surface area (TPSA) is 70.9 Å². The smallest absolute Gasteiger partial charge is 0.246 e. The summed E-state index contributed by atoms with van der Waals surface area (Å²) in [6.45, 7) is 1.54. The van der Waals surface area contributed by atoms with Crippen LogP contribution in [-0.4, -0.2) is 47.3 Å². The minimum Gasteiger partial charge on any atom is -0.480 e. The van der Waals surface area contributed by atoms with Gasteiger partial charge in [0.25, 0.3) is 0 Å². The largest absolute Gasteiger partial charge is 0.480 e. The summed E-state index contributed by atoms with van der Waals surface area (Å²) in [5.74, 6) is 1.40. The highest BCUT2D eigenvalue weighted by Gasteiger charge is 2.34. The van der Waals surface area contributed by atoms with Crippen LogP contribution in [0.3, 0.4) is 0 Å². The minimum absolute atomic E-state index is 0.0127. The monoisotopic (exact) mass is 365 g/mol. The van der Waals surface area contributed by atoms with E-state index in [0.717, 1.165) is 43.7 Å². The Labute approximate surface area is 158 Å². The van der Waals surface area contributed by atoms with Crippen molar-refractivity contribution in [3.05, 3.63) is 48.3 Å². The molecule has 1 fully saturated rings. The second-order valence-corrected chi connectivity index (χ2v) is 6.82. The molecule has 0 aliphatic carbocycles. The number of rotatable bonds is 4. The quantitative estimate of drug-likeness (QED) is 0.833. The summed E-state index contributed by atoms with van der Waals surface area (Å²) >= 11 is 0. The highest BCUT2D eigenvalue weighted by Crippen LogP contribution is 2.32. The van der Waals surface area contributed by atoms with Crippen LogP contribution in [0.4, 0.5) is 5.82 Å². The molecule has 1 amide bonds. The van der Waals surface area contributed by atoms with Crippen LogP contribution in [0.2, 0.25) is 0 Å². The fraction of sp³-hybridized carbons (Fsp3) is 0.400. The van der Waals surface area contributed by atoms with E-state index in [2.05, 4.69) is 32.1 Å². The maximum atomic E-state index is 13.1. The van der Waals surface area contributed by atoms with E-state index < -0.39 is 0 Å². The van der Waals surface area contributed by atoms with Crippen molar-refractivity contribution in [2.24, 2.45) is 11.0 Å². The van der Waals surface area contributed by atoms with Crippen molar-refractivity contribution < 1.29 is 9.53 Å². The molecule has 2 aromatic rings. The van der Waals surface area contributed by atoms with Gasteiger partial charge >= 0.3 is 0 Å². The lowest BCUT2D eigenvalue weighted by atomic mass is 9.94. The second kappa shape index (κ2) is 7.73. The van der Waals surface area contributed by atoms with Crippen molar-refractivity contribution in [3.8, 4) is 5.88 Å². The Bertz CT molecular complexity index is 818. The molecular weight excluding hydrogens is 342 g/mol. The van der Waals surface area contributed by atoms with E-state index in [0.29, 0.717) is 5.88 Å². The van der Waals surface area contributed by atoms with Gasteiger partial charge in [0.15, 0.2) is 5.82 Å². The lowest BCUT2D eigenvalue weighted by Gasteiger charge is -2.34. The van der Waals surface area contributed by atoms with Gasteiger partial charge in [-0.3, -0.25) is 9.78 Å². The molecule has 1 atom stereocenters. The molecule has 0 spiro atoms. The summed E-state index contributed by atoms with van der Waals surface area (Å²) < 4.78 is 5.15. The molecule has 0 bridgehead atoms. The van der Waals surface area contributed by atoms with E-state index in [-0.39, 0.29) is 17.9 Å². The number of carbonyl (C=O) groups excluding carboxylic acids is 1. The molecule has 0 radical (unpaired) electrons. The van der Waals surface area contributed by atoms with Crippen molar-refractivity contribution in [1.29, 1.82) is 0 Å². The zero-order chi connectivity index (χ0) is 18.6. The van der Waals surface area contributed by atoms with E-state index in [9.17, 15) is 4.79 Å². The van der Waals surface area contributed by atoms with E-state index in [4.69, 9.17) is 4.74 Å². The molecule has 7 heteroatoms. The Kier molecular flexibility index (Phi) is 5.00. The SMILES string of the molecule is COc1cncc(N2CCC(C(=O)N3N=CC[C@H]3c3ccccc3)CC2)n1. The Morgan fingerprint density at radius 1 is 1.15 bits per heavy atom. The van der Waals surface area contributed by atoms with Crippen LogP contribution in [0.25, 0.3) is 0 Å². The van der Waals surface area contributed by atoms with E-state index in [1.165, 1.54) is 0 Å². The maximum absolute atomic E-state index is 13.1. The molecule has 7 nitrogen and oxygen atoms in total. The number of anilines is 1. The third-order valence-electron chi connectivity index (χ3n) is 5.22. The predicted molar refractivity (Wildman–Crippen MR) is 103 cm³/mol. The molecule has 0 N–H and O–H groups in total. The molecular formula is C20H23N5O2. The van der Waals surface area contributed by atoms with Gasteiger partial charge < -0.3 is 9.64 Å². The first kappa shape index (κ1) is 17.5. The van der Waals surface area contributed by atoms with Crippen LogP contribution >= 0.6 is 0 Å². The highest BCUT2D eigenvalue weighted by molar-refractivity contribution is 5.82. The zero-order valence-corrected chi connectivity index (χ0v) is 15.4. The van der Waals surface area contributed by atoms with Gasteiger partial charge in [-0.05, 0) is 18.4 Å². The third-order valence-corrected chi connectivity index (χ3v) is 5.22. The number of carbonyl (C=O) groups is 1. The highest BCUT2D eigenvalue weighted by atomic mass is 16.5. The summed E-state index contributed by atoms with van der Waals surface area (Å²) in [6, 6.07) is 10.1. The van der Waals surface area contributed by atoms with Crippen LogP contribution in [0, 0.1) is 5.92 Å². The molecule has 1 aromatic carbocycles. The molecule has 1 saturated heterocycles. The number of nitrogens with zero attached hydrogens (tertiary/aromatic N) is 5. The van der Waals surface area contributed by atoms with E-state index >= 15 is 0 Å². The number of methoxy groups -OCH3 is 1. The molecule has 0 saturated carbocycles. The number of hydrogen-bond donors (Lipinski definition) is 0. The molecule has 1 aromatic heterocycles. The van der Waals surface area contributed by atoms with Crippen molar-refractivity contribution in [2.45, 2.75) is 25.3 Å². The van der Waals surface area contributed by atoms with Crippen LogP contribution in [0.5, 0.6) is 5.88 Å². The fourth-order valence-electron chi connectivity index (χ4n) is 3.71. The summed E-state index contributed by atoms with van der Waals surface area (Å²) in [6.07, 6.45) is 7.51. The average molecular weight is 365 g/mol. The number of piperidine rings is 1. The molecule has 2 aliphatic rings. The predicted octanol–water partition coefficient (Wildman–Crippen LogP) is 2.66. The normalized spacial score (nSPS) is 20.1. The van der Waals surface area contributed by atoms with Crippen LogP contribution in [0.1, 0.15) is 30.9 Å². The zero-order valence-electron chi connectivity index (χ0n) is 15.4. The van der Waals surface area contributed by atoms with Gasteiger partial charge in [-0.15, -0.1) is 0 Å². The number of aromatic nitrogens is 2. The Morgan fingerprint density at radius 3 is 2.67 bits per heavy atom. The lowest BCUT2D eigenvalue weighted by molar-refractivity contribution is -0.138. The van der Waals surface area contributed by atoms with Crippen LogP contribution in [0.15, 0.2) is 47.8 Å². The minimum atomic E-state index is -0.0127.